The number of carbonyl (C=O) groups is 1. The van der Waals surface area contributed by atoms with Crippen molar-refractivity contribution in [3.63, 3.8) is 0 Å². The predicted molar refractivity (Wildman–Crippen MR) is 76.6 cm³/mol. The van der Waals surface area contributed by atoms with E-state index in [1.165, 1.54) is 0 Å². The van der Waals surface area contributed by atoms with Crippen molar-refractivity contribution in [2.24, 2.45) is 0 Å². The molecule has 0 spiro atoms. The number of aryl methyl sites for hydroxylation is 1. The Morgan fingerprint density at radius 2 is 2.11 bits per heavy atom. The lowest BCUT2D eigenvalue weighted by Crippen LogP contribution is -2.10. The maximum Gasteiger partial charge on any atom is 0.337 e. The Hall–Kier alpha value is -1.75. The van der Waals surface area contributed by atoms with Crippen LogP contribution in [-0.2, 0) is 0 Å². The molecule has 1 aromatic heterocycles. The molecule has 0 saturated heterocycles. The van der Waals surface area contributed by atoms with Gasteiger partial charge >= 0.3 is 5.97 Å². The molecule has 1 aromatic carbocycles. The van der Waals surface area contributed by atoms with Gasteiger partial charge in [-0.15, -0.1) is 0 Å². The standard InChI is InChI=1S/C14H14BrNO3/c1-8-3-6-13(19-8)9(2)16-12-5-4-10(15)7-11(12)14(17)18/h3-7,9,16H,1-2H3,(H,17,18). The molecule has 0 saturated carbocycles. The fourth-order valence-corrected chi connectivity index (χ4v) is 2.17. The first-order valence-corrected chi connectivity index (χ1v) is 6.62. The normalized spacial score (nSPS) is 12.2. The van der Waals surface area contributed by atoms with Gasteiger partial charge in [0.05, 0.1) is 11.6 Å². The first-order chi connectivity index (χ1) is 8.97. The van der Waals surface area contributed by atoms with E-state index in [2.05, 4.69) is 21.2 Å². The molecule has 5 heteroatoms. The Morgan fingerprint density at radius 3 is 2.68 bits per heavy atom. The lowest BCUT2D eigenvalue weighted by Gasteiger charge is -2.15. The Bertz CT molecular complexity index is 606. The highest BCUT2D eigenvalue weighted by molar-refractivity contribution is 9.10. The van der Waals surface area contributed by atoms with Crippen molar-refractivity contribution < 1.29 is 14.3 Å². The van der Waals surface area contributed by atoms with Crippen molar-refractivity contribution in [2.45, 2.75) is 19.9 Å². The number of aromatic carboxylic acids is 1. The molecule has 2 aromatic rings. The summed E-state index contributed by atoms with van der Waals surface area (Å²) < 4.78 is 6.26. The molecular weight excluding hydrogens is 310 g/mol. The van der Waals surface area contributed by atoms with E-state index in [0.717, 1.165) is 16.0 Å². The van der Waals surface area contributed by atoms with Gasteiger partial charge in [-0.3, -0.25) is 0 Å². The molecular formula is C14H14BrNO3. The number of hydrogen-bond donors (Lipinski definition) is 2. The monoisotopic (exact) mass is 323 g/mol. The van der Waals surface area contributed by atoms with Gasteiger partial charge in [-0.2, -0.15) is 0 Å². The van der Waals surface area contributed by atoms with Gasteiger partial charge in [0.15, 0.2) is 0 Å². The van der Waals surface area contributed by atoms with Gasteiger partial charge in [-0.05, 0) is 44.2 Å². The maximum atomic E-state index is 11.2. The minimum absolute atomic E-state index is 0.104. The smallest absolute Gasteiger partial charge is 0.337 e. The average molecular weight is 324 g/mol. The summed E-state index contributed by atoms with van der Waals surface area (Å²) in [6.45, 7) is 3.80. The van der Waals surface area contributed by atoms with Crippen LogP contribution < -0.4 is 5.32 Å². The molecule has 0 aliphatic heterocycles. The summed E-state index contributed by atoms with van der Waals surface area (Å²) in [6, 6.07) is 8.77. The number of benzene rings is 1. The zero-order chi connectivity index (χ0) is 14.0. The first kappa shape index (κ1) is 13.7. The van der Waals surface area contributed by atoms with E-state index in [1.54, 1.807) is 18.2 Å². The van der Waals surface area contributed by atoms with Crippen LogP contribution in [0.5, 0.6) is 0 Å². The molecule has 0 bridgehead atoms. The second-order valence-corrected chi connectivity index (χ2v) is 5.23. The summed E-state index contributed by atoms with van der Waals surface area (Å²) in [5.41, 5.74) is 0.793. The molecule has 1 atom stereocenters. The number of anilines is 1. The Kier molecular flexibility index (Phi) is 3.95. The molecule has 0 radical (unpaired) electrons. The fraction of sp³-hybridized carbons (Fsp3) is 0.214. The third-order valence-electron chi connectivity index (χ3n) is 2.77. The van der Waals surface area contributed by atoms with E-state index >= 15 is 0 Å². The SMILES string of the molecule is Cc1ccc(C(C)Nc2ccc(Br)cc2C(=O)O)o1. The number of carboxylic acid groups (broad SMARTS) is 1. The van der Waals surface area contributed by atoms with E-state index in [1.807, 2.05) is 26.0 Å². The van der Waals surface area contributed by atoms with Gasteiger partial charge in [-0.25, -0.2) is 4.79 Å². The summed E-state index contributed by atoms with van der Waals surface area (Å²) in [7, 11) is 0. The first-order valence-electron chi connectivity index (χ1n) is 5.83. The Balaban J connectivity index is 2.26. The number of halogens is 1. The van der Waals surface area contributed by atoms with Gasteiger partial charge in [0.1, 0.15) is 11.5 Å². The predicted octanol–water partition coefficient (Wildman–Crippen LogP) is 4.22. The van der Waals surface area contributed by atoms with E-state index in [0.29, 0.717) is 5.69 Å². The summed E-state index contributed by atoms with van der Waals surface area (Å²) in [6.07, 6.45) is 0. The molecule has 0 aliphatic carbocycles. The molecule has 0 amide bonds. The van der Waals surface area contributed by atoms with E-state index in [-0.39, 0.29) is 11.6 Å². The summed E-state index contributed by atoms with van der Waals surface area (Å²) in [5, 5.41) is 12.3. The molecule has 2 N–H and O–H groups in total. The topological polar surface area (TPSA) is 62.5 Å². The highest BCUT2D eigenvalue weighted by Gasteiger charge is 2.15. The molecule has 0 fully saturated rings. The summed E-state index contributed by atoms with van der Waals surface area (Å²) in [4.78, 5) is 11.2. The second kappa shape index (κ2) is 5.48. The van der Waals surface area contributed by atoms with Crippen LogP contribution in [-0.4, -0.2) is 11.1 Å². The molecule has 0 aliphatic rings. The van der Waals surface area contributed by atoms with Crippen LogP contribution in [0.25, 0.3) is 0 Å². The van der Waals surface area contributed by atoms with Gasteiger partial charge < -0.3 is 14.8 Å². The van der Waals surface area contributed by atoms with Crippen molar-refractivity contribution >= 4 is 27.6 Å². The van der Waals surface area contributed by atoms with Gasteiger partial charge in [0.2, 0.25) is 0 Å². The molecule has 1 unspecified atom stereocenters. The largest absolute Gasteiger partial charge is 0.478 e. The fourth-order valence-electron chi connectivity index (χ4n) is 1.81. The van der Waals surface area contributed by atoms with Gasteiger partial charge in [-0.1, -0.05) is 15.9 Å². The quantitative estimate of drug-likeness (QED) is 0.884. The van der Waals surface area contributed by atoms with Crippen LogP contribution in [0.15, 0.2) is 39.2 Å². The van der Waals surface area contributed by atoms with Crippen LogP contribution in [0.3, 0.4) is 0 Å². The zero-order valence-electron chi connectivity index (χ0n) is 10.6. The molecule has 1 heterocycles. The zero-order valence-corrected chi connectivity index (χ0v) is 12.2. The summed E-state index contributed by atoms with van der Waals surface area (Å²) in [5.74, 6) is 0.640. The molecule has 100 valence electrons. The van der Waals surface area contributed by atoms with Crippen LogP contribution >= 0.6 is 15.9 Å². The number of furan rings is 1. The number of hydrogen-bond acceptors (Lipinski definition) is 3. The third kappa shape index (κ3) is 3.17. The Labute approximate surface area is 119 Å². The van der Waals surface area contributed by atoms with Crippen molar-refractivity contribution in [1.29, 1.82) is 0 Å². The van der Waals surface area contributed by atoms with Crippen molar-refractivity contribution in [3.05, 3.63) is 51.9 Å². The average Bonchev–Trinajstić information content (AvgIpc) is 2.78. The maximum absolute atomic E-state index is 11.2. The second-order valence-electron chi connectivity index (χ2n) is 4.31. The minimum atomic E-state index is -0.966. The van der Waals surface area contributed by atoms with Crippen LogP contribution in [0.2, 0.25) is 0 Å². The lowest BCUT2D eigenvalue weighted by atomic mass is 10.1. The minimum Gasteiger partial charge on any atom is -0.478 e. The Morgan fingerprint density at radius 1 is 1.37 bits per heavy atom. The number of carboxylic acids is 1. The number of rotatable bonds is 4. The molecule has 4 nitrogen and oxygen atoms in total. The van der Waals surface area contributed by atoms with Gasteiger partial charge in [0.25, 0.3) is 0 Å². The van der Waals surface area contributed by atoms with E-state index in [9.17, 15) is 9.90 Å². The highest BCUT2D eigenvalue weighted by Crippen LogP contribution is 2.26. The number of nitrogens with one attached hydrogen (secondary N) is 1. The van der Waals surface area contributed by atoms with Crippen molar-refractivity contribution in [1.82, 2.24) is 0 Å². The third-order valence-corrected chi connectivity index (χ3v) is 3.27. The molecule has 2 rings (SSSR count). The van der Waals surface area contributed by atoms with Crippen molar-refractivity contribution in [2.75, 3.05) is 5.32 Å². The lowest BCUT2D eigenvalue weighted by molar-refractivity contribution is 0.0698. The van der Waals surface area contributed by atoms with Crippen LogP contribution in [0, 0.1) is 6.92 Å². The van der Waals surface area contributed by atoms with Gasteiger partial charge in [0, 0.05) is 10.2 Å². The van der Waals surface area contributed by atoms with Crippen LogP contribution in [0.1, 0.15) is 34.8 Å². The summed E-state index contributed by atoms with van der Waals surface area (Å²) >= 11 is 3.27. The highest BCUT2D eigenvalue weighted by atomic mass is 79.9. The molecule has 19 heavy (non-hydrogen) atoms. The van der Waals surface area contributed by atoms with Crippen molar-refractivity contribution in [3.8, 4) is 0 Å². The van der Waals surface area contributed by atoms with Crippen LogP contribution in [0.4, 0.5) is 5.69 Å². The van der Waals surface area contributed by atoms with E-state index in [4.69, 9.17) is 4.42 Å². The van der Waals surface area contributed by atoms with E-state index < -0.39 is 5.97 Å².